The molecule has 1 aliphatic heterocycles. The summed E-state index contributed by atoms with van der Waals surface area (Å²) in [5.74, 6) is 0. The summed E-state index contributed by atoms with van der Waals surface area (Å²) in [6.07, 6.45) is 14.0. The van der Waals surface area contributed by atoms with E-state index < -0.39 is 0 Å². The average Bonchev–Trinajstić information content (AvgIpc) is 2.42. The molecular formula is C16H33NO. The van der Waals surface area contributed by atoms with Gasteiger partial charge in [-0.2, -0.15) is 0 Å². The van der Waals surface area contributed by atoms with Gasteiger partial charge in [0.25, 0.3) is 0 Å². The van der Waals surface area contributed by atoms with Crippen molar-refractivity contribution in [2.24, 2.45) is 0 Å². The van der Waals surface area contributed by atoms with Crippen molar-refractivity contribution in [1.29, 1.82) is 0 Å². The van der Waals surface area contributed by atoms with Crippen LogP contribution in [-0.2, 0) is 4.74 Å². The first-order chi connectivity index (χ1) is 8.88. The van der Waals surface area contributed by atoms with Crippen molar-refractivity contribution in [1.82, 2.24) is 5.32 Å². The molecule has 2 unspecified atom stereocenters. The van der Waals surface area contributed by atoms with Crippen LogP contribution < -0.4 is 5.32 Å². The fourth-order valence-corrected chi connectivity index (χ4v) is 2.91. The maximum absolute atomic E-state index is 5.93. The van der Waals surface area contributed by atoms with Gasteiger partial charge in [0.2, 0.25) is 0 Å². The Morgan fingerprint density at radius 3 is 2.50 bits per heavy atom. The Morgan fingerprint density at radius 1 is 1.06 bits per heavy atom. The first-order valence-corrected chi connectivity index (χ1v) is 8.23. The first kappa shape index (κ1) is 16.0. The molecule has 0 aromatic rings. The summed E-state index contributed by atoms with van der Waals surface area (Å²) >= 11 is 0. The van der Waals surface area contributed by atoms with E-state index in [9.17, 15) is 0 Å². The van der Waals surface area contributed by atoms with E-state index in [2.05, 4.69) is 19.2 Å². The van der Waals surface area contributed by atoms with Crippen molar-refractivity contribution >= 4 is 0 Å². The van der Waals surface area contributed by atoms with Crippen molar-refractivity contribution in [3.8, 4) is 0 Å². The van der Waals surface area contributed by atoms with Crippen LogP contribution in [-0.4, -0.2) is 25.3 Å². The maximum atomic E-state index is 5.93. The zero-order valence-electron chi connectivity index (χ0n) is 12.5. The molecule has 0 amide bonds. The average molecular weight is 255 g/mol. The summed E-state index contributed by atoms with van der Waals surface area (Å²) in [4.78, 5) is 0. The number of rotatable bonds is 10. The highest BCUT2D eigenvalue weighted by molar-refractivity contribution is 4.79. The van der Waals surface area contributed by atoms with Crippen molar-refractivity contribution in [3.05, 3.63) is 0 Å². The molecule has 108 valence electrons. The summed E-state index contributed by atoms with van der Waals surface area (Å²) < 4.78 is 5.93. The second-order valence-corrected chi connectivity index (χ2v) is 5.63. The van der Waals surface area contributed by atoms with Crippen molar-refractivity contribution < 1.29 is 4.74 Å². The van der Waals surface area contributed by atoms with Crippen LogP contribution in [0.3, 0.4) is 0 Å². The number of unbranched alkanes of at least 4 members (excludes halogenated alkanes) is 5. The van der Waals surface area contributed by atoms with E-state index >= 15 is 0 Å². The van der Waals surface area contributed by atoms with Crippen LogP contribution >= 0.6 is 0 Å². The third-order valence-corrected chi connectivity index (χ3v) is 4.00. The molecule has 0 saturated carbocycles. The Kier molecular flexibility index (Phi) is 9.59. The molecule has 1 fully saturated rings. The molecule has 2 atom stereocenters. The molecule has 0 aromatic carbocycles. The quantitative estimate of drug-likeness (QED) is 0.588. The molecule has 0 aliphatic carbocycles. The van der Waals surface area contributed by atoms with Crippen LogP contribution in [0.15, 0.2) is 0 Å². The lowest BCUT2D eigenvalue weighted by Gasteiger charge is -2.31. The Morgan fingerprint density at radius 2 is 1.83 bits per heavy atom. The van der Waals surface area contributed by atoms with Crippen LogP contribution in [0.25, 0.3) is 0 Å². The van der Waals surface area contributed by atoms with E-state index in [1.165, 1.54) is 64.2 Å². The molecule has 18 heavy (non-hydrogen) atoms. The topological polar surface area (TPSA) is 21.3 Å². The summed E-state index contributed by atoms with van der Waals surface area (Å²) in [7, 11) is 0. The van der Waals surface area contributed by atoms with Gasteiger partial charge in [0.15, 0.2) is 0 Å². The van der Waals surface area contributed by atoms with Crippen LogP contribution in [0.4, 0.5) is 0 Å². The monoisotopic (exact) mass is 255 g/mol. The minimum Gasteiger partial charge on any atom is -0.377 e. The second kappa shape index (κ2) is 10.8. The fraction of sp³-hybridized carbons (Fsp3) is 1.00. The lowest BCUT2D eigenvalue weighted by Crippen LogP contribution is -2.42. The van der Waals surface area contributed by atoms with E-state index in [1.807, 2.05) is 0 Å². The van der Waals surface area contributed by atoms with Crippen LogP contribution in [0.5, 0.6) is 0 Å². The Labute approximate surface area is 114 Å². The molecule has 2 nitrogen and oxygen atoms in total. The molecule has 1 heterocycles. The SMILES string of the molecule is CCCCCCCCC(NCC)C1CCCCO1. The molecule has 1 rings (SSSR count). The number of likely N-dealkylation sites (N-methyl/N-ethyl adjacent to an activating group) is 1. The standard InChI is InChI=1S/C16H33NO/c1-3-5-6-7-8-9-12-15(17-4-2)16-13-10-11-14-18-16/h15-17H,3-14H2,1-2H3. The smallest absolute Gasteiger partial charge is 0.0728 e. The van der Waals surface area contributed by atoms with Gasteiger partial charge in [0, 0.05) is 12.6 Å². The Balaban J connectivity index is 2.12. The van der Waals surface area contributed by atoms with E-state index in [1.54, 1.807) is 0 Å². The third-order valence-electron chi connectivity index (χ3n) is 4.00. The van der Waals surface area contributed by atoms with Gasteiger partial charge in [-0.25, -0.2) is 0 Å². The molecule has 0 radical (unpaired) electrons. The minimum absolute atomic E-state index is 0.481. The van der Waals surface area contributed by atoms with Gasteiger partial charge in [0.1, 0.15) is 0 Å². The Bertz CT molecular complexity index is 178. The molecule has 0 bridgehead atoms. The van der Waals surface area contributed by atoms with Crippen molar-refractivity contribution in [3.63, 3.8) is 0 Å². The molecule has 1 saturated heterocycles. The highest BCUT2D eigenvalue weighted by atomic mass is 16.5. The molecule has 0 spiro atoms. The first-order valence-electron chi connectivity index (χ1n) is 8.23. The summed E-state index contributed by atoms with van der Waals surface area (Å²) in [5, 5.41) is 3.63. The zero-order valence-corrected chi connectivity index (χ0v) is 12.5. The van der Waals surface area contributed by atoms with Gasteiger partial charge in [-0.15, -0.1) is 0 Å². The van der Waals surface area contributed by atoms with E-state index in [4.69, 9.17) is 4.74 Å². The second-order valence-electron chi connectivity index (χ2n) is 5.63. The van der Waals surface area contributed by atoms with Gasteiger partial charge in [-0.3, -0.25) is 0 Å². The summed E-state index contributed by atoms with van der Waals surface area (Å²) in [6, 6.07) is 0.599. The molecule has 1 aliphatic rings. The predicted molar refractivity (Wildman–Crippen MR) is 79.0 cm³/mol. The highest BCUT2D eigenvalue weighted by Crippen LogP contribution is 2.19. The summed E-state index contributed by atoms with van der Waals surface area (Å²) in [5.41, 5.74) is 0. The number of hydrogen-bond acceptors (Lipinski definition) is 2. The fourth-order valence-electron chi connectivity index (χ4n) is 2.91. The van der Waals surface area contributed by atoms with E-state index in [-0.39, 0.29) is 0 Å². The van der Waals surface area contributed by atoms with Gasteiger partial charge in [0.05, 0.1) is 6.10 Å². The lowest BCUT2D eigenvalue weighted by atomic mass is 9.96. The largest absolute Gasteiger partial charge is 0.377 e. The summed E-state index contributed by atoms with van der Waals surface area (Å²) in [6.45, 7) is 6.53. The number of ether oxygens (including phenoxy) is 1. The molecule has 0 aromatic heterocycles. The maximum Gasteiger partial charge on any atom is 0.0728 e. The molecule has 1 N–H and O–H groups in total. The van der Waals surface area contributed by atoms with Crippen LogP contribution in [0.2, 0.25) is 0 Å². The van der Waals surface area contributed by atoms with Crippen molar-refractivity contribution in [2.75, 3.05) is 13.2 Å². The van der Waals surface area contributed by atoms with E-state index in [0.717, 1.165) is 13.2 Å². The molecular weight excluding hydrogens is 222 g/mol. The zero-order chi connectivity index (χ0) is 13.1. The van der Waals surface area contributed by atoms with Gasteiger partial charge in [-0.05, 0) is 32.2 Å². The third kappa shape index (κ3) is 6.75. The highest BCUT2D eigenvalue weighted by Gasteiger charge is 2.23. The van der Waals surface area contributed by atoms with Gasteiger partial charge >= 0.3 is 0 Å². The van der Waals surface area contributed by atoms with Crippen LogP contribution in [0, 0.1) is 0 Å². The van der Waals surface area contributed by atoms with Crippen LogP contribution in [0.1, 0.15) is 78.1 Å². The minimum atomic E-state index is 0.481. The normalized spacial score (nSPS) is 22.0. The number of hydrogen-bond donors (Lipinski definition) is 1. The molecule has 2 heteroatoms. The van der Waals surface area contributed by atoms with Crippen molar-refractivity contribution in [2.45, 2.75) is 90.2 Å². The Hall–Kier alpha value is -0.0800. The van der Waals surface area contributed by atoms with Gasteiger partial charge < -0.3 is 10.1 Å². The number of nitrogens with one attached hydrogen (secondary N) is 1. The lowest BCUT2D eigenvalue weighted by molar-refractivity contribution is -0.00942. The van der Waals surface area contributed by atoms with E-state index in [0.29, 0.717) is 12.1 Å². The predicted octanol–water partition coefficient (Wildman–Crippen LogP) is 4.28. The van der Waals surface area contributed by atoms with Gasteiger partial charge in [-0.1, -0.05) is 52.4 Å².